The molecule has 2 rings (SSSR count). The Kier molecular flexibility index (Phi) is 3.42. The van der Waals surface area contributed by atoms with Gasteiger partial charge in [0.2, 0.25) is 0 Å². The molecule has 1 aliphatic heterocycles. The van der Waals surface area contributed by atoms with E-state index >= 15 is 0 Å². The Bertz CT molecular complexity index is 242. The topological polar surface area (TPSA) is 12.0 Å². The zero-order valence-corrected chi connectivity index (χ0v) is 9.41. The van der Waals surface area contributed by atoms with Crippen LogP contribution in [0, 0.1) is 0 Å². The Morgan fingerprint density at radius 3 is 2.85 bits per heavy atom. The van der Waals surface area contributed by atoms with Gasteiger partial charge in [-0.15, -0.1) is 0 Å². The predicted molar refractivity (Wildman–Crippen MR) is 57.7 cm³/mol. The first-order valence-electron chi connectivity index (χ1n) is 4.86. The van der Waals surface area contributed by atoms with E-state index in [-0.39, 0.29) is 0 Å². The van der Waals surface area contributed by atoms with Crippen LogP contribution in [-0.4, -0.2) is 27.5 Å². The molecular formula is C11H15NSe. The molecule has 0 aromatic heterocycles. The molecule has 1 atom stereocenters. The normalized spacial score (nSPS) is 22.0. The van der Waals surface area contributed by atoms with Crippen molar-refractivity contribution in [3.8, 4) is 0 Å². The first-order chi connectivity index (χ1) is 6.45. The molecule has 13 heavy (non-hydrogen) atoms. The van der Waals surface area contributed by atoms with E-state index < -0.39 is 0 Å². The van der Waals surface area contributed by atoms with Gasteiger partial charge in [0, 0.05) is 0 Å². The van der Waals surface area contributed by atoms with E-state index in [0.717, 1.165) is 6.04 Å². The molecule has 1 heterocycles. The zero-order valence-electron chi connectivity index (χ0n) is 7.70. The maximum atomic E-state index is 3.54. The Balaban J connectivity index is 1.79. The predicted octanol–water partition coefficient (Wildman–Crippen LogP) is 1.19. The third kappa shape index (κ3) is 2.84. The fourth-order valence-electron chi connectivity index (χ4n) is 1.61. The van der Waals surface area contributed by atoms with Gasteiger partial charge in [0.1, 0.15) is 0 Å². The van der Waals surface area contributed by atoms with E-state index in [4.69, 9.17) is 0 Å². The summed E-state index contributed by atoms with van der Waals surface area (Å²) in [5, 5.41) is 4.90. The van der Waals surface area contributed by atoms with Crippen molar-refractivity contribution in [3.63, 3.8) is 0 Å². The average molecular weight is 240 g/mol. The number of hydrogen-bond donors (Lipinski definition) is 1. The second-order valence-corrected chi connectivity index (χ2v) is 5.71. The Morgan fingerprint density at radius 1 is 1.31 bits per heavy atom. The van der Waals surface area contributed by atoms with Crippen LogP contribution in [0.2, 0.25) is 5.32 Å². The van der Waals surface area contributed by atoms with Gasteiger partial charge in [-0.2, -0.15) is 0 Å². The molecule has 0 bridgehead atoms. The summed E-state index contributed by atoms with van der Waals surface area (Å²) in [5.41, 5.74) is 0. The van der Waals surface area contributed by atoms with Crippen LogP contribution < -0.4 is 9.78 Å². The fraction of sp³-hybridized carbons (Fsp3) is 0.455. The number of rotatable bonds is 3. The molecular weight excluding hydrogens is 225 g/mol. The van der Waals surface area contributed by atoms with E-state index in [1.54, 1.807) is 0 Å². The first-order valence-corrected chi connectivity index (χ1v) is 6.93. The van der Waals surface area contributed by atoms with Crippen LogP contribution in [0.5, 0.6) is 0 Å². The molecule has 1 N–H and O–H groups in total. The van der Waals surface area contributed by atoms with Crippen LogP contribution in [0.3, 0.4) is 0 Å². The van der Waals surface area contributed by atoms with Crippen LogP contribution in [-0.2, 0) is 0 Å². The quantitative estimate of drug-likeness (QED) is 0.782. The molecule has 0 amide bonds. The van der Waals surface area contributed by atoms with Crippen LogP contribution in [0.15, 0.2) is 30.3 Å². The van der Waals surface area contributed by atoms with Crippen molar-refractivity contribution in [2.24, 2.45) is 0 Å². The van der Waals surface area contributed by atoms with E-state index in [1.165, 1.54) is 29.2 Å². The summed E-state index contributed by atoms with van der Waals surface area (Å²) in [6.45, 7) is 1.23. The summed E-state index contributed by atoms with van der Waals surface area (Å²) in [7, 11) is 0. The van der Waals surface area contributed by atoms with Crippen molar-refractivity contribution in [2.75, 3.05) is 6.54 Å². The SMILES string of the molecule is c1ccc([Se]C[C@@H]2CCCN2)cc1. The third-order valence-corrected chi connectivity index (χ3v) is 4.82. The van der Waals surface area contributed by atoms with Crippen molar-refractivity contribution >= 4 is 19.4 Å². The van der Waals surface area contributed by atoms with E-state index in [0.29, 0.717) is 15.0 Å². The summed E-state index contributed by atoms with van der Waals surface area (Å²) in [4.78, 5) is 0. The van der Waals surface area contributed by atoms with Gasteiger partial charge in [-0.1, -0.05) is 0 Å². The van der Waals surface area contributed by atoms with Crippen molar-refractivity contribution in [1.82, 2.24) is 5.32 Å². The van der Waals surface area contributed by atoms with Gasteiger partial charge in [0.25, 0.3) is 0 Å². The molecule has 2 heteroatoms. The molecule has 1 aromatic rings. The zero-order chi connectivity index (χ0) is 8.93. The number of hydrogen-bond acceptors (Lipinski definition) is 1. The fourth-order valence-corrected chi connectivity index (χ4v) is 3.77. The van der Waals surface area contributed by atoms with E-state index in [2.05, 4.69) is 35.6 Å². The van der Waals surface area contributed by atoms with Crippen molar-refractivity contribution in [3.05, 3.63) is 30.3 Å². The first kappa shape index (κ1) is 9.26. The Labute approximate surface area is 86.1 Å². The van der Waals surface area contributed by atoms with Gasteiger partial charge >= 0.3 is 85.8 Å². The molecule has 1 fully saturated rings. The Hall–Kier alpha value is -0.301. The van der Waals surface area contributed by atoms with Gasteiger partial charge in [0.05, 0.1) is 0 Å². The third-order valence-electron chi connectivity index (χ3n) is 2.36. The molecule has 1 aliphatic rings. The minimum absolute atomic E-state index is 0.670. The molecule has 1 nitrogen and oxygen atoms in total. The average Bonchev–Trinajstić information content (AvgIpc) is 2.69. The van der Waals surface area contributed by atoms with Gasteiger partial charge in [0.15, 0.2) is 0 Å². The summed E-state index contributed by atoms with van der Waals surface area (Å²) >= 11 is 0.670. The summed E-state index contributed by atoms with van der Waals surface area (Å²) in [5.74, 6) is 0. The van der Waals surface area contributed by atoms with E-state index in [9.17, 15) is 0 Å². The molecule has 0 aliphatic carbocycles. The summed E-state index contributed by atoms with van der Waals surface area (Å²) < 4.78 is 1.53. The molecule has 0 unspecified atom stereocenters. The number of nitrogens with one attached hydrogen (secondary N) is 1. The molecule has 0 radical (unpaired) electrons. The second kappa shape index (κ2) is 4.80. The van der Waals surface area contributed by atoms with Crippen LogP contribution in [0.1, 0.15) is 12.8 Å². The van der Waals surface area contributed by atoms with Gasteiger partial charge < -0.3 is 0 Å². The van der Waals surface area contributed by atoms with Crippen molar-refractivity contribution in [1.29, 1.82) is 0 Å². The van der Waals surface area contributed by atoms with Crippen LogP contribution in [0.4, 0.5) is 0 Å². The van der Waals surface area contributed by atoms with Crippen LogP contribution in [0.25, 0.3) is 0 Å². The van der Waals surface area contributed by atoms with E-state index in [1.807, 2.05) is 0 Å². The van der Waals surface area contributed by atoms with Crippen LogP contribution >= 0.6 is 0 Å². The standard InChI is InChI=1S/C11H15NSe/c1-2-6-11(7-3-1)13-9-10-5-4-8-12-10/h1-3,6-7,10,12H,4-5,8-9H2/t10-/m0/s1. The van der Waals surface area contributed by atoms with Crippen molar-refractivity contribution in [2.45, 2.75) is 24.2 Å². The molecule has 1 aromatic carbocycles. The Morgan fingerprint density at radius 2 is 2.15 bits per heavy atom. The molecule has 70 valence electrons. The summed E-state index contributed by atoms with van der Waals surface area (Å²) in [6.07, 6.45) is 2.75. The van der Waals surface area contributed by atoms with Gasteiger partial charge in [-0.05, 0) is 0 Å². The maximum absolute atomic E-state index is 3.54. The molecule has 1 saturated heterocycles. The van der Waals surface area contributed by atoms with Gasteiger partial charge in [-0.3, -0.25) is 0 Å². The summed E-state index contributed by atoms with van der Waals surface area (Å²) in [6, 6.07) is 11.7. The molecule has 0 saturated carbocycles. The van der Waals surface area contributed by atoms with Crippen molar-refractivity contribution < 1.29 is 0 Å². The molecule has 0 spiro atoms. The minimum atomic E-state index is 0.670. The second-order valence-electron chi connectivity index (χ2n) is 3.42. The van der Waals surface area contributed by atoms with Gasteiger partial charge in [-0.25, -0.2) is 0 Å². The monoisotopic (exact) mass is 241 g/mol. The number of benzene rings is 1.